The van der Waals surface area contributed by atoms with Gasteiger partial charge in [-0.2, -0.15) is 10.1 Å². The van der Waals surface area contributed by atoms with Crippen LogP contribution in [0.2, 0.25) is 5.02 Å². The van der Waals surface area contributed by atoms with Crippen LogP contribution in [0.25, 0.3) is 0 Å². The number of rotatable bonds is 2. The van der Waals surface area contributed by atoms with Crippen LogP contribution in [0, 0.1) is 0 Å². The number of anilines is 1. The van der Waals surface area contributed by atoms with Crippen LogP contribution in [0.3, 0.4) is 0 Å². The molecule has 0 saturated carbocycles. The summed E-state index contributed by atoms with van der Waals surface area (Å²) in [6, 6.07) is 14.2. The van der Waals surface area contributed by atoms with Crippen LogP contribution in [0.4, 0.5) is 5.95 Å². The summed E-state index contributed by atoms with van der Waals surface area (Å²) in [5.41, 5.74) is 3.53. The number of carbonyl (C=O) groups is 1. The van der Waals surface area contributed by atoms with Gasteiger partial charge in [0.2, 0.25) is 5.95 Å². The number of halogens is 1. The van der Waals surface area contributed by atoms with Crippen molar-refractivity contribution in [2.75, 3.05) is 5.32 Å². The lowest BCUT2D eigenvalue weighted by Gasteiger charge is -2.35. The molecule has 0 fully saturated rings. The number of benzene rings is 2. The van der Waals surface area contributed by atoms with Crippen LogP contribution in [-0.4, -0.2) is 25.7 Å². The second-order valence-corrected chi connectivity index (χ2v) is 7.56. The molecule has 0 unspecified atom stereocenters. The minimum atomic E-state index is -0.359. The van der Waals surface area contributed by atoms with E-state index in [4.69, 9.17) is 11.6 Å². The maximum absolute atomic E-state index is 13.2. The van der Waals surface area contributed by atoms with Crippen LogP contribution >= 0.6 is 11.6 Å². The molecule has 0 radical (unpaired) electrons. The number of ketones is 1. The van der Waals surface area contributed by atoms with Crippen LogP contribution in [0.1, 0.15) is 35.9 Å². The van der Waals surface area contributed by atoms with Gasteiger partial charge >= 0.3 is 0 Å². The minimum absolute atomic E-state index is 0.0624. The largest absolute Gasteiger partial charge is 0.508 e. The number of fused-ring (bicyclic) bond motifs is 1. The zero-order valence-electron chi connectivity index (χ0n) is 14.8. The summed E-state index contributed by atoms with van der Waals surface area (Å²) < 4.78 is 1.73. The third-order valence-corrected chi connectivity index (χ3v) is 5.63. The molecule has 2 atom stereocenters. The monoisotopic (exact) mass is 392 g/mol. The van der Waals surface area contributed by atoms with E-state index in [0.29, 0.717) is 29.4 Å². The highest BCUT2D eigenvalue weighted by Crippen LogP contribution is 2.44. The molecule has 1 aliphatic heterocycles. The van der Waals surface area contributed by atoms with Gasteiger partial charge in [-0.25, -0.2) is 4.68 Å². The summed E-state index contributed by atoms with van der Waals surface area (Å²) in [6.07, 6.45) is 2.59. The second-order valence-electron chi connectivity index (χ2n) is 7.12. The zero-order valence-corrected chi connectivity index (χ0v) is 15.6. The van der Waals surface area contributed by atoms with E-state index in [1.54, 1.807) is 16.8 Å². The molecule has 0 bridgehead atoms. The number of phenols is 1. The Bertz CT molecular complexity index is 1100. The number of hydrogen-bond acceptors (Lipinski definition) is 5. The van der Waals surface area contributed by atoms with Gasteiger partial charge in [-0.15, -0.1) is 0 Å². The zero-order chi connectivity index (χ0) is 19.3. The Labute approximate surface area is 166 Å². The minimum Gasteiger partial charge on any atom is -0.508 e. The van der Waals surface area contributed by atoms with Gasteiger partial charge in [0.25, 0.3) is 0 Å². The molecule has 0 amide bonds. The molecular formula is C21H17ClN4O2. The van der Waals surface area contributed by atoms with Gasteiger partial charge in [-0.1, -0.05) is 35.9 Å². The number of allylic oxidation sites excluding steroid dienone is 2. The maximum Gasteiger partial charge on any atom is 0.226 e. The van der Waals surface area contributed by atoms with Gasteiger partial charge in [0.15, 0.2) is 5.78 Å². The van der Waals surface area contributed by atoms with Gasteiger partial charge in [-0.3, -0.25) is 4.79 Å². The standard InChI is InChI=1S/C21H17ClN4O2/c22-15-3-1-2-13(8-15)14-9-17-19(18(28)10-14)20(12-4-6-16(27)7-5-12)26-21(25-17)23-11-24-26/h1-8,11,14,20,27H,9-10H2,(H,23,24,25)/t14-,20-/m1/s1. The van der Waals surface area contributed by atoms with Crippen molar-refractivity contribution in [1.29, 1.82) is 0 Å². The molecule has 1 aromatic heterocycles. The van der Waals surface area contributed by atoms with E-state index in [0.717, 1.165) is 16.8 Å². The topological polar surface area (TPSA) is 80.0 Å². The molecule has 2 N–H and O–H groups in total. The molecule has 2 aromatic carbocycles. The van der Waals surface area contributed by atoms with Crippen molar-refractivity contribution < 1.29 is 9.90 Å². The third kappa shape index (κ3) is 2.77. The van der Waals surface area contributed by atoms with Crippen LogP contribution in [0.5, 0.6) is 5.75 Å². The summed E-state index contributed by atoms with van der Waals surface area (Å²) in [5.74, 6) is 0.934. The maximum atomic E-state index is 13.2. The average molecular weight is 393 g/mol. The number of aromatic hydroxyl groups is 1. The van der Waals surface area contributed by atoms with Crippen molar-refractivity contribution >= 4 is 23.3 Å². The third-order valence-electron chi connectivity index (χ3n) is 5.39. The Morgan fingerprint density at radius 2 is 1.93 bits per heavy atom. The molecule has 5 rings (SSSR count). The van der Waals surface area contributed by atoms with E-state index in [2.05, 4.69) is 15.4 Å². The van der Waals surface area contributed by atoms with Gasteiger partial charge < -0.3 is 10.4 Å². The van der Waals surface area contributed by atoms with Crippen molar-refractivity contribution in [3.63, 3.8) is 0 Å². The molecule has 0 saturated heterocycles. The van der Waals surface area contributed by atoms with Gasteiger partial charge in [0.05, 0.1) is 0 Å². The summed E-state index contributed by atoms with van der Waals surface area (Å²) in [4.78, 5) is 17.5. The van der Waals surface area contributed by atoms with Gasteiger partial charge in [-0.05, 0) is 47.7 Å². The fourth-order valence-electron chi connectivity index (χ4n) is 4.11. The molecular weight excluding hydrogens is 376 g/mol. The van der Waals surface area contributed by atoms with Crippen molar-refractivity contribution in [1.82, 2.24) is 14.8 Å². The van der Waals surface area contributed by atoms with E-state index >= 15 is 0 Å². The molecule has 6 nitrogen and oxygen atoms in total. The van der Waals surface area contributed by atoms with Crippen LogP contribution in [-0.2, 0) is 4.79 Å². The summed E-state index contributed by atoms with van der Waals surface area (Å²) in [5, 5.41) is 17.9. The molecule has 0 spiro atoms. The van der Waals surface area contributed by atoms with E-state index in [1.165, 1.54) is 6.33 Å². The van der Waals surface area contributed by atoms with Crippen molar-refractivity contribution in [3.8, 4) is 5.75 Å². The highest BCUT2D eigenvalue weighted by atomic mass is 35.5. The Morgan fingerprint density at radius 3 is 2.71 bits per heavy atom. The number of nitrogens with one attached hydrogen (secondary N) is 1. The lowest BCUT2D eigenvalue weighted by molar-refractivity contribution is -0.116. The van der Waals surface area contributed by atoms with Crippen molar-refractivity contribution in [3.05, 3.63) is 82.3 Å². The Morgan fingerprint density at radius 1 is 1.11 bits per heavy atom. The number of aromatic nitrogens is 3. The predicted molar refractivity (Wildman–Crippen MR) is 105 cm³/mol. The number of nitrogens with zero attached hydrogens (tertiary/aromatic N) is 3. The molecule has 2 heterocycles. The summed E-state index contributed by atoms with van der Waals surface area (Å²) in [7, 11) is 0. The van der Waals surface area contributed by atoms with Crippen molar-refractivity contribution in [2.45, 2.75) is 24.8 Å². The van der Waals surface area contributed by atoms with Crippen LogP contribution < -0.4 is 5.32 Å². The molecule has 2 aliphatic rings. The molecule has 1 aliphatic carbocycles. The Balaban J connectivity index is 1.59. The number of carbonyl (C=O) groups excluding carboxylic acids is 1. The Kier molecular flexibility index (Phi) is 3.94. The van der Waals surface area contributed by atoms with Crippen LogP contribution in [0.15, 0.2) is 66.1 Å². The smallest absolute Gasteiger partial charge is 0.226 e. The number of hydrogen-bond donors (Lipinski definition) is 2. The lowest BCUT2D eigenvalue weighted by Crippen LogP contribution is -2.33. The quantitative estimate of drug-likeness (QED) is 0.687. The SMILES string of the molecule is O=C1C[C@H](c2cccc(Cl)c2)CC2=C1[C@@H](c1ccc(O)cc1)n1ncnc1N2. The number of Topliss-reactive ketones (excluding diaryl/α,β-unsaturated/α-hetero) is 1. The van der Waals surface area contributed by atoms with Crippen molar-refractivity contribution in [2.24, 2.45) is 0 Å². The second kappa shape index (κ2) is 6.49. The molecule has 28 heavy (non-hydrogen) atoms. The first-order valence-electron chi connectivity index (χ1n) is 9.07. The van der Waals surface area contributed by atoms with Gasteiger partial charge in [0.1, 0.15) is 18.1 Å². The predicted octanol–water partition coefficient (Wildman–Crippen LogP) is 4.05. The first-order valence-corrected chi connectivity index (χ1v) is 9.45. The molecule has 3 aromatic rings. The highest BCUT2D eigenvalue weighted by molar-refractivity contribution is 6.30. The first-order chi connectivity index (χ1) is 13.6. The van der Waals surface area contributed by atoms with Gasteiger partial charge in [0, 0.05) is 22.7 Å². The fraction of sp³-hybridized carbons (Fsp3) is 0.190. The normalized spacial score (nSPS) is 21.1. The fourth-order valence-corrected chi connectivity index (χ4v) is 4.31. The number of phenolic OH excluding ortho intramolecular Hbond substituents is 1. The Hall–Kier alpha value is -3.12. The highest BCUT2D eigenvalue weighted by Gasteiger charge is 2.39. The van der Waals surface area contributed by atoms with E-state index in [9.17, 15) is 9.90 Å². The van der Waals surface area contributed by atoms with E-state index in [-0.39, 0.29) is 23.5 Å². The molecule has 140 valence electrons. The first kappa shape index (κ1) is 17.0. The lowest BCUT2D eigenvalue weighted by atomic mass is 9.78. The summed E-state index contributed by atoms with van der Waals surface area (Å²) in [6.45, 7) is 0. The van der Waals surface area contributed by atoms with E-state index in [1.807, 2.05) is 36.4 Å². The average Bonchev–Trinajstić information content (AvgIpc) is 3.15. The summed E-state index contributed by atoms with van der Waals surface area (Å²) >= 11 is 6.15. The van der Waals surface area contributed by atoms with E-state index < -0.39 is 0 Å². The molecule has 7 heteroatoms.